The zero-order chi connectivity index (χ0) is 24.2. The number of likely N-dealkylation sites (tertiary alicyclic amines) is 1. The third-order valence-electron chi connectivity index (χ3n) is 6.81. The van der Waals surface area contributed by atoms with Crippen LogP contribution in [0.3, 0.4) is 0 Å². The molecule has 1 aromatic heterocycles. The smallest absolute Gasteiger partial charge is 0.241 e. The third kappa shape index (κ3) is 5.45. The van der Waals surface area contributed by atoms with Crippen molar-refractivity contribution >= 4 is 11.6 Å². The van der Waals surface area contributed by atoms with Crippen LogP contribution in [-0.2, 0) is 11.3 Å². The number of rotatable bonds is 6. The fourth-order valence-corrected chi connectivity index (χ4v) is 4.86. The van der Waals surface area contributed by atoms with E-state index in [1.54, 1.807) is 19.2 Å². The number of piperazine rings is 1. The van der Waals surface area contributed by atoms with Crippen LogP contribution in [0.4, 0.5) is 10.1 Å². The van der Waals surface area contributed by atoms with E-state index < -0.39 is 0 Å². The van der Waals surface area contributed by atoms with Crippen LogP contribution in [0.5, 0.6) is 5.75 Å². The van der Waals surface area contributed by atoms with E-state index in [-0.39, 0.29) is 17.6 Å². The minimum absolute atomic E-state index is 0.0178. The molecule has 0 saturated carbocycles. The summed E-state index contributed by atoms with van der Waals surface area (Å²) in [6, 6.07) is 14.1. The quantitative estimate of drug-likeness (QED) is 0.536. The van der Waals surface area contributed by atoms with Gasteiger partial charge >= 0.3 is 0 Å². The molecule has 2 aliphatic rings. The fourth-order valence-electron chi connectivity index (χ4n) is 4.86. The maximum Gasteiger partial charge on any atom is 0.241 e. The summed E-state index contributed by atoms with van der Waals surface area (Å²) in [6.07, 6.45) is 1.86. The van der Waals surface area contributed by atoms with Crippen molar-refractivity contribution in [3.63, 3.8) is 0 Å². The van der Waals surface area contributed by atoms with Gasteiger partial charge in [-0.3, -0.25) is 9.69 Å². The van der Waals surface area contributed by atoms with E-state index in [4.69, 9.17) is 9.26 Å². The highest BCUT2D eigenvalue weighted by molar-refractivity contribution is 5.79. The van der Waals surface area contributed by atoms with Crippen LogP contribution in [0.1, 0.15) is 18.7 Å². The highest BCUT2D eigenvalue weighted by atomic mass is 19.1. The molecule has 0 radical (unpaired) electrons. The Balaban J connectivity index is 1.14. The number of aromatic nitrogens is 2. The molecule has 1 unspecified atom stereocenters. The van der Waals surface area contributed by atoms with Gasteiger partial charge in [-0.2, -0.15) is 4.98 Å². The highest BCUT2D eigenvalue weighted by Crippen LogP contribution is 2.24. The molecule has 9 heteroatoms. The summed E-state index contributed by atoms with van der Waals surface area (Å²) in [7, 11) is 1.67. The van der Waals surface area contributed by atoms with Crippen LogP contribution >= 0.6 is 0 Å². The van der Waals surface area contributed by atoms with Crippen LogP contribution in [0.2, 0.25) is 0 Å². The third-order valence-corrected chi connectivity index (χ3v) is 6.81. The molecule has 35 heavy (non-hydrogen) atoms. The number of halogens is 1. The van der Waals surface area contributed by atoms with E-state index in [9.17, 15) is 9.18 Å². The number of amides is 1. The molecule has 184 valence electrons. The van der Waals surface area contributed by atoms with Gasteiger partial charge < -0.3 is 19.1 Å². The fraction of sp³-hybridized carbons (Fsp3) is 0.423. The summed E-state index contributed by atoms with van der Waals surface area (Å²) in [5.41, 5.74) is 1.86. The van der Waals surface area contributed by atoms with Gasteiger partial charge in [-0.1, -0.05) is 5.16 Å². The molecule has 0 spiro atoms. The van der Waals surface area contributed by atoms with Gasteiger partial charge in [0.05, 0.1) is 19.6 Å². The lowest BCUT2D eigenvalue weighted by molar-refractivity contribution is -0.137. The molecule has 2 saturated heterocycles. The normalized spacial score (nSPS) is 19.1. The molecule has 2 fully saturated rings. The Hall–Kier alpha value is -3.46. The van der Waals surface area contributed by atoms with Crippen LogP contribution in [0.25, 0.3) is 11.4 Å². The molecule has 1 amide bonds. The molecule has 0 aliphatic carbocycles. The molecule has 8 nitrogen and oxygen atoms in total. The lowest BCUT2D eigenvalue weighted by atomic mass is 9.96. The Morgan fingerprint density at radius 1 is 1.06 bits per heavy atom. The predicted molar refractivity (Wildman–Crippen MR) is 129 cm³/mol. The first-order valence-electron chi connectivity index (χ1n) is 12.1. The second kappa shape index (κ2) is 10.4. The summed E-state index contributed by atoms with van der Waals surface area (Å²) in [4.78, 5) is 24.3. The van der Waals surface area contributed by atoms with Crippen LogP contribution < -0.4 is 9.64 Å². The minimum Gasteiger partial charge on any atom is -0.497 e. The van der Waals surface area contributed by atoms with Gasteiger partial charge in [0.15, 0.2) is 0 Å². The first kappa shape index (κ1) is 23.3. The van der Waals surface area contributed by atoms with E-state index in [2.05, 4.69) is 32.1 Å². The summed E-state index contributed by atoms with van der Waals surface area (Å²) >= 11 is 0. The molecule has 3 aromatic rings. The Kier molecular flexibility index (Phi) is 6.94. The molecule has 3 heterocycles. The molecule has 2 aromatic carbocycles. The number of carbonyl (C=O) groups is 1. The van der Waals surface area contributed by atoms with Crippen molar-refractivity contribution in [2.24, 2.45) is 5.92 Å². The van der Waals surface area contributed by atoms with Gasteiger partial charge in [-0.25, -0.2) is 4.39 Å². The van der Waals surface area contributed by atoms with Crippen molar-refractivity contribution in [2.75, 3.05) is 51.3 Å². The van der Waals surface area contributed by atoms with Gasteiger partial charge in [0, 0.05) is 44.0 Å². The average Bonchev–Trinajstić information content (AvgIpc) is 3.37. The topological polar surface area (TPSA) is 74.9 Å². The van der Waals surface area contributed by atoms with E-state index in [0.29, 0.717) is 30.4 Å². The van der Waals surface area contributed by atoms with E-state index >= 15 is 0 Å². The number of piperidine rings is 1. The summed E-state index contributed by atoms with van der Waals surface area (Å²) in [5, 5.41) is 4.03. The highest BCUT2D eigenvalue weighted by Gasteiger charge is 2.31. The van der Waals surface area contributed by atoms with Crippen LogP contribution in [-0.4, -0.2) is 72.2 Å². The number of hydrogen-bond donors (Lipinski definition) is 0. The predicted octanol–water partition coefficient (Wildman–Crippen LogP) is 3.45. The zero-order valence-electron chi connectivity index (χ0n) is 19.9. The van der Waals surface area contributed by atoms with E-state index in [1.807, 2.05) is 17.0 Å². The van der Waals surface area contributed by atoms with Crippen LogP contribution in [0.15, 0.2) is 53.1 Å². The lowest BCUT2D eigenvalue weighted by Gasteiger charge is -2.39. The molecule has 2 aliphatic heterocycles. The Labute approximate surface area is 204 Å². The zero-order valence-corrected chi connectivity index (χ0v) is 19.9. The number of benzene rings is 2. The van der Waals surface area contributed by atoms with Crippen molar-refractivity contribution in [2.45, 2.75) is 19.4 Å². The SMILES string of the molecule is COc1ccc(N2CCN(C(=O)C3CCCN(Cc4nc(-c5ccc(F)cc5)no4)C3)CC2)cc1. The summed E-state index contributed by atoms with van der Waals surface area (Å²) in [5.74, 6) is 1.71. The summed E-state index contributed by atoms with van der Waals surface area (Å²) < 4.78 is 23.8. The maximum absolute atomic E-state index is 13.3. The van der Waals surface area contributed by atoms with Crippen molar-refractivity contribution in [3.8, 4) is 17.1 Å². The molecule has 0 bridgehead atoms. The van der Waals surface area contributed by atoms with Gasteiger partial charge in [0.25, 0.3) is 0 Å². The summed E-state index contributed by atoms with van der Waals surface area (Å²) in [6.45, 7) is 5.18. The molecular formula is C26H30FN5O3. The number of anilines is 1. The molecule has 5 rings (SSSR count). The average molecular weight is 480 g/mol. The van der Waals surface area contributed by atoms with Crippen LogP contribution in [0, 0.1) is 11.7 Å². The van der Waals surface area contributed by atoms with Gasteiger partial charge in [0.2, 0.25) is 17.6 Å². The second-order valence-electron chi connectivity index (χ2n) is 9.10. The minimum atomic E-state index is -0.302. The number of carbonyl (C=O) groups excluding carboxylic acids is 1. The van der Waals surface area contributed by atoms with Crippen molar-refractivity contribution in [1.29, 1.82) is 0 Å². The monoisotopic (exact) mass is 479 g/mol. The van der Waals surface area contributed by atoms with Gasteiger partial charge in [-0.15, -0.1) is 0 Å². The largest absolute Gasteiger partial charge is 0.497 e. The standard InChI is InChI=1S/C26H30FN5O3/c1-34-23-10-8-22(9-11-23)31-13-15-32(16-14-31)26(33)20-3-2-12-30(17-20)18-24-28-25(29-35-24)19-4-6-21(27)7-5-19/h4-11,20H,2-3,12-18H2,1H3. The molecule has 1 atom stereocenters. The number of nitrogens with zero attached hydrogens (tertiary/aromatic N) is 5. The number of ether oxygens (including phenoxy) is 1. The van der Waals surface area contributed by atoms with Gasteiger partial charge in [-0.05, 0) is 67.9 Å². The van der Waals surface area contributed by atoms with Gasteiger partial charge in [0.1, 0.15) is 11.6 Å². The number of hydrogen-bond acceptors (Lipinski definition) is 7. The second-order valence-corrected chi connectivity index (χ2v) is 9.10. The maximum atomic E-state index is 13.3. The van der Waals surface area contributed by atoms with E-state index in [1.165, 1.54) is 12.1 Å². The molecular weight excluding hydrogens is 449 g/mol. The Morgan fingerprint density at radius 3 is 2.51 bits per heavy atom. The van der Waals surface area contributed by atoms with Crippen molar-refractivity contribution in [3.05, 3.63) is 60.2 Å². The number of methoxy groups -OCH3 is 1. The van der Waals surface area contributed by atoms with E-state index in [0.717, 1.165) is 57.0 Å². The Bertz CT molecular complexity index is 1130. The van der Waals surface area contributed by atoms with Crippen molar-refractivity contribution < 1.29 is 18.4 Å². The first-order chi connectivity index (χ1) is 17.1. The van der Waals surface area contributed by atoms with Crippen molar-refractivity contribution in [1.82, 2.24) is 19.9 Å². The lowest BCUT2D eigenvalue weighted by Crippen LogP contribution is -2.52. The Morgan fingerprint density at radius 2 is 1.80 bits per heavy atom. The first-order valence-corrected chi connectivity index (χ1v) is 12.1. The molecule has 0 N–H and O–H groups in total.